The molecule has 0 atom stereocenters. The van der Waals surface area contributed by atoms with E-state index < -0.39 is 0 Å². The Hall–Kier alpha value is -1.35. The molecule has 2 N–H and O–H groups in total. The summed E-state index contributed by atoms with van der Waals surface area (Å²) in [5.41, 5.74) is 10.1. The first-order valence-electron chi connectivity index (χ1n) is 7.83. The van der Waals surface area contributed by atoms with Gasteiger partial charge in [-0.15, -0.1) is 0 Å². The van der Waals surface area contributed by atoms with Gasteiger partial charge in [0.05, 0.1) is 17.4 Å². The summed E-state index contributed by atoms with van der Waals surface area (Å²) in [6.45, 7) is 5.14. The first kappa shape index (κ1) is 13.6. The molecule has 0 aliphatic heterocycles. The first-order chi connectivity index (χ1) is 9.66. The second kappa shape index (κ2) is 5.21. The predicted octanol–water partition coefficient (Wildman–Crippen LogP) is 3.78. The van der Waals surface area contributed by atoms with Crippen LogP contribution in [0.3, 0.4) is 0 Å². The third-order valence-electron chi connectivity index (χ3n) is 4.94. The van der Waals surface area contributed by atoms with Crippen LogP contribution in [0.15, 0.2) is 24.5 Å². The van der Waals surface area contributed by atoms with E-state index in [1.54, 1.807) is 0 Å². The van der Waals surface area contributed by atoms with Gasteiger partial charge in [0, 0.05) is 18.0 Å². The van der Waals surface area contributed by atoms with Crippen LogP contribution in [-0.4, -0.2) is 16.1 Å². The van der Waals surface area contributed by atoms with Crippen LogP contribution in [0.4, 0.5) is 0 Å². The lowest BCUT2D eigenvalue weighted by molar-refractivity contribution is 0.301. The Bertz CT molecular complexity index is 591. The van der Waals surface area contributed by atoms with E-state index in [9.17, 15) is 0 Å². The fourth-order valence-corrected chi connectivity index (χ4v) is 3.61. The molecule has 3 rings (SSSR count). The van der Waals surface area contributed by atoms with E-state index in [4.69, 9.17) is 5.73 Å². The average molecular weight is 271 g/mol. The van der Waals surface area contributed by atoms with E-state index in [2.05, 4.69) is 41.6 Å². The molecule has 1 aliphatic carbocycles. The Morgan fingerprint density at radius 3 is 2.65 bits per heavy atom. The van der Waals surface area contributed by atoms with Gasteiger partial charge in [-0.2, -0.15) is 0 Å². The van der Waals surface area contributed by atoms with Crippen molar-refractivity contribution in [2.24, 2.45) is 5.73 Å². The van der Waals surface area contributed by atoms with Gasteiger partial charge in [-0.1, -0.05) is 25.3 Å². The maximum atomic E-state index is 6.14. The molecule has 1 saturated carbocycles. The predicted molar refractivity (Wildman–Crippen MR) is 83.9 cm³/mol. The molecule has 3 heteroatoms. The van der Waals surface area contributed by atoms with Crippen LogP contribution >= 0.6 is 0 Å². The lowest BCUT2D eigenvalue weighted by Gasteiger charge is -2.36. The Kier molecular flexibility index (Phi) is 3.55. The number of benzene rings is 1. The second-order valence-corrected chi connectivity index (χ2v) is 6.49. The van der Waals surface area contributed by atoms with Gasteiger partial charge < -0.3 is 10.3 Å². The molecule has 1 aliphatic rings. The number of hydrogen-bond acceptors (Lipinski definition) is 2. The minimum atomic E-state index is 0.189. The van der Waals surface area contributed by atoms with Crippen molar-refractivity contribution in [1.82, 2.24) is 9.55 Å². The van der Waals surface area contributed by atoms with E-state index in [1.807, 2.05) is 6.33 Å². The summed E-state index contributed by atoms with van der Waals surface area (Å²) >= 11 is 0. The molecule has 0 bridgehead atoms. The van der Waals surface area contributed by atoms with Crippen LogP contribution in [0.5, 0.6) is 0 Å². The highest BCUT2D eigenvalue weighted by molar-refractivity contribution is 5.76. The summed E-state index contributed by atoms with van der Waals surface area (Å²) in [6, 6.07) is 7.22. The van der Waals surface area contributed by atoms with Crippen LogP contribution in [0, 0.1) is 0 Å². The van der Waals surface area contributed by atoms with E-state index in [0.717, 1.165) is 12.1 Å². The van der Waals surface area contributed by atoms with E-state index in [-0.39, 0.29) is 5.41 Å². The molecule has 1 aromatic heterocycles. The zero-order valence-electron chi connectivity index (χ0n) is 12.6. The largest absolute Gasteiger partial charge is 0.330 e. The van der Waals surface area contributed by atoms with Crippen LogP contribution < -0.4 is 5.73 Å². The normalized spacial score (nSPS) is 18.8. The van der Waals surface area contributed by atoms with E-state index in [1.165, 1.54) is 43.2 Å². The molecule has 1 fully saturated rings. The van der Waals surface area contributed by atoms with E-state index >= 15 is 0 Å². The highest BCUT2D eigenvalue weighted by Crippen LogP contribution is 2.39. The van der Waals surface area contributed by atoms with Gasteiger partial charge in [0.2, 0.25) is 0 Å². The molecule has 0 saturated heterocycles. The molecule has 20 heavy (non-hydrogen) atoms. The number of nitrogens with two attached hydrogens (primary N) is 1. The molecular weight excluding hydrogens is 246 g/mol. The molecule has 0 amide bonds. The average Bonchev–Trinajstić information content (AvgIpc) is 2.91. The van der Waals surface area contributed by atoms with Crippen molar-refractivity contribution in [1.29, 1.82) is 0 Å². The smallest absolute Gasteiger partial charge is 0.0960 e. The number of fused-ring (bicyclic) bond motifs is 1. The Balaban J connectivity index is 2.04. The van der Waals surface area contributed by atoms with Crippen molar-refractivity contribution in [3.8, 4) is 0 Å². The summed E-state index contributed by atoms with van der Waals surface area (Å²) in [7, 11) is 0. The Labute approximate surface area is 121 Å². The zero-order valence-corrected chi connectivity index (χ0v) is 12.6. The maximum Gasteiger partial charge on any atom is 0.0960 e. The topological polar surface area (TPSA) is 43.8 Å². The van der Waals surface area contributed by atoms with Gasteiger partial charge in [0.15, 0.2) is 0 Å². The van der Waals surface area contributed by atoms with Gasteiger partial charge >= 0.3 is 0 Å². The molecule has 0 unspecified atom stereocenters. The molecule has 3 nitrogen and oxygen atoms in total. The van der Waals surface area contributed by atoms with E-state index in [0.29, 0.717) is 6.04 Å². The molecule has 2 aromatic rings. The van der Waals surface area contributed by atoms with Crippen molar-refractivity contribution in [3.05, 3.63) is 30.1 Å². The summed E-state index contributed by atoms with van der Waals surface area (Å²) in [5, 5.41) is 0. The molecular formula is C17H25N3. The zero-order chi connectivity index (χ0) is 14.2. The van der Waals surface area contributed by atoms with Gasteiger partial charge in [0.25, 0.3) is 0 Å². The number of aromatic nitrogens is 2. The maximum absolute atomic E-state index is 6.14. The molecule has 0 radical (unpaired) electrons. The highest BCUT2D eigenvalue weighted by Gasteiger charge is 2.32. The minimum Gasteiger partial charge on any atom is -0.330 e. The SMILES string of the molecule is CC(C)n1cnc2cc(C3(CN)CCCCC3)ccc21. The Morgan fingerprint density at radius 1 is 1.25 bits per heavy atom. The van der Waals surface area contributed by atoms with Crippen LogP contribution in [-0.2, 0) is 5.41 Å². The third kappa shape index (κ3) is 2.14. The van der Waals surface area contributed by atoms with Gasteiger partial charge in [-0.25, -0.2) is 4.98 Å². The van der Waals surface area contributed by atoms with Crippen molar-refractivity contribution in [3.63, 3.8) is 0 Å². The highest BCUT2D eigenvalue weighted by atomic mass is 15.1. The van der Waals surface area contributed by atoms with Crippen LogP contribution in [0.2, 0.25) is 0 Å². The first-order valence-corrected chi connectivity index (χ1v) is 7.83. The summed E-state index contributed by atoms with van der Waals surface area (Å²) in [6.07, 6.45) is 8.35. The van der Waals surface area contributed by atoms with Gasteiger partial charge in [0.1, 0.15) is 0 Å². The van der Waals surface area contributed by atoms with Crippen molar-refractivity contribution >= 4 is 11.0 Å². The molecule has 1 aromatic carbocycles. The lowest BCUT2D eigenvalue weighted by Crippen LogP contribution is -2.37. The summed E-state index contributed by atoms with van der Waals surface area (Å²) < 4.78 is 2.23. The van der Waals surface area contributed by atoms with Crippen LogP contribution in [0.1, 0.15) is 57.6 Å². The van der Waals surface area contributed by atoms with Crippen molar-refractivity contribution in [2.75, 3.05) is 6.54 Å². The quantitative estimate of drug-likeness (QED) is 0.923. The number of rotatable bonds is 3. The Morgan fingerprint density at radius 2 is 2.00 bits per heavy atom. The summed E-state index contributed by atoms with van der Waals surface area (Å²) in [4.78, 5) is 4.58. The van der Waals surface area contributed by atoms with Crippen molar-refractivity contribution in [2.45, 2.75) is 57.4 Å². The standard InChI is InChI=1S/C17H25N3/c1-13(2)20-12-19-15-10-14(6-7-16(15)20)17(11-18)8-4-3-5-9-17/h6-7,10,12-13H,3-5,8-9,11,18H2,1-2H3. The lowest BCUT2D eigenvalue weighted by atomic mass is 9.69. The molecule has 108 valence electrons. The third-order valence-corrected chi connectivity index (χ3v) is 4.94. The molecule has 0 spiro atoms. The van der Waals surface area contributed by atoms with Gasteiger partial charge in [-0.05, 0) is 44.4 Å². The summed E-state index contributed by atoms with van der Waals surface area (Å²) in [5.74, 6) is 0. The fourth-order valence-electron chi connectivity index (χ4n) is 3.61. The minimum absolute atomic E-state index is 0.189. The van der Waals surface area contributed by atoms with Crippen LogP contribution in [0.25, 0.3) is 11.0 Å². The molecule has 1 heterocycles. The number of imidazole rings is 1. The second-order valence-electron chi connectivity index (χ2n) is 6.49. The fraction of sp³-hybridized carbons (Fsp3) is 0.588. The number of hydrogen-bond donors (Lipinski definition) is 1. The monoisotopic (exact) mass is 271 g/mol. The number of nitrogens with zero attached hydrogens (tertiary/aromatic N) is 2. The van der Waals surface area contributed by atoms with Gasteiger partial charge in [-0.3, -0.25) is 0 Å². The van der Waals surface area contributed by atoms with Crippen molar-refractivity contribution < 1.29 is 0 Å².